The van der Waals surface area contributed by atoms with Crippen molar-refractivity contribution in [3.63, 3.8) is 0 Å². The van der Waals surface area contributed by atoms with Gasteiger partial charge in [0, 0.05) is 5.56 Å². The normalized spacial score (nSPS) is 10.2. The second kappa shape index (κ2) is 5.10. The first-order valence-corrected chi connectivity index (χ1v) is 6.05. The number of Topliss-reactive ketones (excluding diaryl/α,β-unsaturated/α-hetero) is 1. The fourth-order valence-corrected chi connectivity index (χ4v) is 2.03. The molecule has 1 heterocycles. The van der Waals surface area contributed by atoms with E-state index in [2.05, 4.69) is 0 Å². The highest BCUT2D eigenvalue weighted by molar-refractivity contribution is 7.07. The molecule has 17 heavy (non-hydrogen) atoms. The summed E-state index contributed by atoms with van der Waals surface area (Å²) in [6.45, 7) is 1.74. The molecule has 0 aliphatic heterocycles. The first-order valence-electron chi connectivity index (χ1n) is 5.11. The lowest BCUT2D eigenvalue weighted by Crippen LogP contribution is -1.98. The van der Waals surface area contributed by atoms with E-state index in [4.69, 9.17) is 4.74 Å². The minimum absolute atomic E-state index is 0.159. The Morgan fingerprint density at radius 1 is 1.41 bits per heavy atom. The van der Waals surface area contributed by atoms with Gasteiger partial charge in [-0.2, -0.15) is 11.3 Å². The molecule has 0 unspecified atom stereocenters. The van der Waals surface area contributed by atoms with Crippen molar-refractivity contribution in [1.29, 1.82) is 0 Å². The minimum atomic E-state index is -0.507. The zero-order chi connectivity index (χ0) is 12.3. The summed E-state index contributed by atoms with van der Waals surface area (Å²) in [5, 5.41) is 3.88. The van der Waals surface area contributed by atoms with Crippen LogP contribution >= 0.6 is 11.3 Å². The van der Waals surface area contributed by atoms with Crippen LogP contribution in [0.4, 0.5) is 4.39 Å². The predicted molar refractivity (Wildman–Crippen MR) is 65.1 cm³/mol. The van der Waals surface area contributed by atoms with Gasteiger partial charge in [-0.25, -0.2) is 4.39 Å². The smallest absolute Gasteiger partial charge is 0.165 e. The molecule has 0 aliphatic rings. The number of halogens is 1. The van der Waals surface area contributed by atoms with Crippen LogP contribution in [0.3, 0.4) is 0 Å². The maximum absolute atomic E-state index is 13.6. The van der Waals surface area contributed by atoms with Crippen LogP contribution in [0.5, 0.6) is 5.75 Å². The van der Waals surface area contributed by atoms with Gasteiger partial charge in [0.15, 0.2) is 17.3 Å². The summed E-state index contributed by atoms with van der Waals surface area (Å²) in [5.74, 6) is -0.498. The number of thiophene rings is 1. The topological polar surface area (TPSA) is 26.3 Å². The summed E-state index contributed by atoms with van der Waals surface area (Å²) in [6, 6.07) is 6.17. The Morgan fingerprint density at radius 3 is 2.82 bits per heavy atom. The summed E-state index contributed by atoms with van der Waals surface area (Å²) >= 11 is 1.57. The molecular weight excluding hydrogens is 239 g/mol. The number of ketones is 1. The van der Waals surface area contributed by atoms with E-state index >= 15 is 0 Å². The number of carbonyl (C=O) groups excluding carboxylic acids is 1. The first-order chi connectivity index (χ1) is 8.16. The molecule has 0 aliphatic carbocycles. The van der Waals surface area contributed by atoms with Gasteiger partial charge in [-0.15, -0.1) is 0 Å². The average Bonchev–Trinajstić information content (AvgIpc) is 2.80. The quantitative estimate of drug-likeness (QED) is 0.774. The fourth-order valence-electron chi connectivity index (χ4n) is 1.37. The van der Waals surface area contributed by atoms with Gasteiger partial charge < -0.3 is 4.74 Å². The third-order valence-electron chi connectivity index (χ3n) is 2.31. The Kier molecular flexibility index (Phi) is 3.54. The van der Waals surface area contributed by atoms with Crippen molar-refractivity contribution in [2.24, 2.45) is 0 Å². The summed E-state index contributed by atoms with van der Waals surface area (Å²) in [7, 11) is 0. The highest BCUT2D eigenvalue weighted by Gasteiger charge is 2.07. The van der Waals surface area contributed by atoms with Crippen LogP contribution in [-0.4, -0.2) is 5.78 Å². The van der Waals surface area contributed by atoms with Crippen molar-refractivity contribution in [2.45, 2.75) is 13.5 Å². The molecule has 2 nitrogen and oxygen atoms in total. The molecule has 0 bridgehead atoms. The highest BCUT2D eigenvalue weighted by Crippen LogP contribution is 2.20. The molecule has 0 N–H and O–H groups in total. The van der Waals surface area contributed by atoms with Gasteiger partial charge in [0.05, 0.1) is 0 Å². The Hall–Kier alpha value is -1.68. The van der Waals surface area contributed by atoms with Crippen LogP contribution < -0.4 is 4.74 Å². The molecule has 2 rings (SSSR count). The SMILES string of the molecule is CC(=O)c1ccc(OCc2ccsc2)c(F)c1. The van der Waals surface area contributed by atoms with Gasteiger partial charge in [0.1, 0.15) is 6.61 Å². The Morgan fingerprint density at radius 2 is 2.24 bits per heavy atom. The van der Waals surface area contributed by atoms with E-state index < -0.39 is 5.82 Å². The molecule has 0 atom stereocenters. The van der Waals surface area contributed by atoms with E-state index in [0.717, 1.165) is 5.56 Å². The molecular formula is C13H11FO2S. The summed E-state index contributed by atoms with van der Waals surface area (Å²) < 4.78 is 18.9. The van der Waals surface area contributed by atoms with Gasteiger partial charge in [0.2, 0.25) is 0 Å². The first kappa shape index (κ1) is 11.8. The molecule has 4 heteroatoms. The monoisotopic (exact) mass is 250 g/mol. The van der Waals surface area contributed by atoms with Gasteiger partial charge in [-0.3, -0.25) is 4.79 Å². The molecule has 0 spiro atoms. The highest BCUT2D eigenvalue weighted by atomic mass is 32.1. The van der Waals surface area contributed by atoms with Crippen molar-refractivity contribution >= 4 is 17.1 Å². The van der Waals surface area contributed by atoms with Crippen LogP contribution in [0.1, 0.15) is 22.8 Å². The third kappa shape index (κ3) is 2.91. The molecule has 1 aromatic carbocycles. The van der Waals surface area contributed by atoms with Crippen LogP contribution in [0.15, 0.2) is 35.0 Å². The second-order valence-electron chi connectivity index (χ2n) is 3.62. The van der Waals surface area contributed by atoms with Crippen LogP contribution in [0, 0.1) is 5.82 Å². The second-order valence-corrected chi connectivity index (χ2v) is 4.40. The maximum atomic E-state index is 13.6. The predicted octanol–water partition coefficient (Wildman–Crippen LogP) is 3.67. The van der Waals surface area contributed by atoms with Crippen molar-refractivity contribution in [3.05, 3.63) is 52.0 Å². The third-order valence-corrected chi connectivity index (χ3v) is 3.04. The van der Waals surface area contributed by atoms with Crippen LogP contribution in [-0.2, 0) is 6.61 Å². The van der Waals surface area contributed by atoms with Gasteiger partial charge >= 0.3 is 0 Å². The summed E-state index contributed by atoms with van der Waals surface area (Å²) in [4.78, 5) is 11.0. The van der Waals surface area contributed by atoms with Crippen molar-refractivity contribution in [1.82, 2.24) is 0 Å². The lowest BCUT2D eigenvalue weighted by Gasteiger charge is -2.06. The van der Waals surface area contributed by atoms with E-state index in [1.807, 2.05) is 16.8 Å². The van der Waals surface area contributed by atoms with E-state index in [-0.39, 0.29) is 11.5 Å². The number of hydrogen-bond donors (Lipinski definition) is 0. The molecule has 88 valence electrons. The van der Waals surface area contributed by atoms with Crippen molar-refractivity contribution in [2.75, 3.05) is 0 Å². The Labute approximate surface area is 103 Å². The average molecular weight is 250 g/mol. The Balaban J connectivity index is 2.09. The van der Waals surface area contributed by atoms with Crippen molar-refractivity contribution < 1.29 is 13.9 Å². The molecule has 0 amide bonds. The number of benzene rings is 1. The zero-order valence-corrected chi connectivity index (χ0v) is 10.1. The standard InChI is InChI=1S/C13H11FO2S/c1-9(15)11-2-3-13(12(14)6-11)16-7-10-4-5-17-8-10/h2-6,8H,7H2,1H3. The minimum Gasteiger partial charge on any atom is -0.486 e. The number of ether oxygens (including phenoxy) is 1. The number of carbonyl (C=O) groups is 1. The van der Waals surface area contributed by atoms with E-state index in [9.17, 15) is 9.18 Å². The number of rotatable bonds is 4. The molecule has 0 saturated carbocycles. The number of hydrogen-bond acceptors (Lipinski definition) is 3. The van der Waals surface area contributed by atoms with E-state index in [1.165, 1.54) is 19.1 Å². The molecule has 0 radical (unpaired) electrons. The van der Waals surface area contributed by atoms with Crippen molar-refractivity contribution in [3.8, 4) is 5.75 Å². The fraction of sp³-hybridized carbons (Fsp3) is 0.154. The molecule has 0 saturated heterocycles. The van der Waals surface area contributed by atoms with Gasteiger partial charge in [0.25, 0.3) is 0 Å². The molecule has 1 aromatic heterocycles. The molecule has 0 fully saturated rings. The lowest BCUT2D eigenvalue weighted by atomic mass is 10.1. The maximum Gasteiger partial charge on any atom is 0.165 e. The zero-order valence-electron chi connectivity index (χ0n) is 9.27. The summed E-state index contributed by atoms with van der Waals surface area (Å²) in [5.41, 5.74) is 1.36. The van der Waals surface area contributed by atoms with E-state index in [0.29, 0.717) is 12.2 Å². The van der Waals surface area contributed by atoms with Gasteiger partial charge in [-0.05, 0) is 47.5 Å². The molecule has 2 aromatic rings. The van der Waals surface area contributed by atoms with Crippen LogP contribution in [0.2, 0.25) is 0 Å². The van der Waals surface area contributed by atoms with E-state index in [1.54, 1.807) is 17.4 Å². The lowest BCUT2D eigenvalue weighted by molar-refractivity contribution is 0.101. The largest absolute Gasteiger partial charge is 0.486 e. The Bertz CT molecular complexity index is 520. The van der Waals surface area contributed by atoms with Gasteiger partial charge in [-0.1, -0.05) is 0 Å². The van der Waals surface area contributed by atoms with Crippen LogP contribution in [0.25, 0.3) is 0 Å². The summed E-state index contributed by atoms with van der Waals surface area (Å²) in [6.07, 6.45) is 0.